The zero-order valence-corrected chi connectivity index (χ0v) is 25.1. The first-order valence-electron chi connectivity index (χ1n) is 13.6. The van der Waals surface area contributed by atoms with Crippen molar-refractivity contribution >= 4 is 55.6 Å². The van der Waals surface area contributed by atoms with Crippen LogP contribution in [0.1, 0.15) is 36.6 Å². The molecule has 0 aliphatic carbocycles. The van der Waals surface area contributed by atoms with Gasteiger partial charge in [-0.05, 0) is 65.4 Å². The molecule has 3 atom stereocenters. The van der Waals surface area contributed by atoms with Crippen LogP contribution in [0.15, 0.2) is 77.8 Å². The number of anilines is 2. The van der Waals surface area contributed by atoms with Crippen LogP contribution >= 0.6 is 11.6 Å². The number of halogens is 1. The highest BCUT2D eigenvalue weighted by Crippen LogP contribution is 2.42. The number of fused-ring (bicyclic) bond motifs is 1. The van der Waals surface area contributed by atoms with Crippen LogP contribution in [0.4, 0.5) is 11.5 Å². The van der Waals surface area contributed by atoms with E-state index in [4.69, 9.17) is 22.1 Å². The fraction of sp³-hybridized carbons (Fsp3) is 0.258. The average molecular weight is 623 g/mol. The van der Waals surface area contributed by atoms with Crippen molar-refractivity contribution in [2.45, 2.75) is 30.3 Å². The summed E-state index contributed by atoms with van der Waals surface area (Å²) in [4.78, 5) is 32.6. The number of carboxylic acid groups (broad SMARTS) is 1. The smallest absolute Gasteiger partial charge is 0.309 e. The van der Waals surface area contributed by atoms with Crippen LogP contribution in [0, 0.1) is 5.92 Å². The lowest BCUT2D eigenvalue weighted by atomic mass is 9.93. The molecule has 1 aliphatic rings. The van der Waals surface area contributed by atoms with E-state index in [1.54, 1.807) is 60.8 Å². The number of carboxylic acids is 1. The summed E-state index contributed by atoms with van der Waals surface area (Å²) in [5, 5.41) is 15.4. The first-order chi connectivity index (χ1) is 20.6. The van der Waals surface area contributed by atoms with E-state index in [9.17, 15) is 23.1 Å². The molecule has 43 heavy (non-hydrogen) atoms. The molecule has 1 aromatic heterocycles. The van der Waals surface area contributed by atoms with Crippen LogP contribution in [-0.4, -0.2) is 54.7 Å². The van der Waals surface area contributed by atoms with Gasteiger partial charge in [-0.2, -0.15) is 0 Å². The molecule has 0 bridgehead atoms. The molecule has 1 fully saturated rings. The first kappa shape index (κ1) is 30.1. The van der Waals surface area contributed by atoms with Gasteiger partial charge in [0.1, 0.15) is 17.6 Å². The normalized spacial score (nSPS) is 17.5. The van der Waals surface area contributed by atoms with Crippen LogP contribution < -0.4 is 15.8 Å². The monoisotopic (exact) mass is 622 g/mol. The van der Waals surface area contributed by atoms with Crippen molar-refractivity contribution in [1.82, 2.24) is 9.88 Å². The summed E-state index contributed by atoms with van der Waals surface area (Å²) in [5.74, 6) is -1.98. The van der Waals surface area contributed by atoms with E-state index >= 15 is 0 Å². The molecule has 1 aliphatic heterocycles. The zero-order chi connectivity index (χ0) is 30.9. The van der Waals surface area contributed by atoms with Crippen molar-refractivity contribution in [3.63, 3.8) is 0 Å². The summed E-state index contributed by atoms with van der Waals surface area (Å²) in [7, 11) is -2.25. The Morgan fingerprint density at radius 3 is 2.65 bits per heavy atom. The number of aliphatic carboxylic acids is 1. The van der Waals surface area contributed by atoms with E-state index in [0.717, 1.165) is 10.8 Å². The highest BCUT2D eigenvalue weighted by molar-refractivity contribution is 7.91. The minimum atomic E-state index is -3.72. The Morgan fingerprint density at radius 1 is 1.16 bits per heavy atom. The standard InChI is InChI=1S/C31H31ClN4O6S/c1-3-43(40,41)26-7-5-4-6-22(26)28-23(31(38)39)13-15-36(28)30(37)27(19-8-11-24(32)25(17-19)42-2)35-20-9-10-21-18(16-20)12-14-34-29(21)33/h4-12,14,16-17,23,27-28,35H,3,13,15H2,1-2H3,(H2,33,34)(H,38,39)/t23-,27+,28-/m0/s1. The number of carbonyl (C=O) groups is 2. The number of hydrogen-bond donors (Lipinski definition) is 3. The summed E-state index contributed by atoms with van der Waals surface area (Å²) < 4.78 is 31.5. The largest absolute Gasteiger partial charge is 0.495 e. The number of nitrogens with two attached hydrogens (primary N) is 1. The molecule has 1 amide bonds. The van der Waals surface area contributed by atoms with Gasteiger partial charge in [0.15, 0.2) is 9.84 Å². The molecule has 0 saturated carbocycles. The number of sulfone groups is 1. The van der Waals surface area contributed by atoms with E-state index in [1.807, 2.05) is 6.07 Å². The number of aromatic nitrogens is 1. The van der Waals surface area contributed by atoms with Crippen molar-refractivity contribution in [3.8, 4) is 5.75 Å². The minimum Gasteiger partial charge on any atom is -0.495 e. The number of rotatable bonds is 9. The Kier molecular flexibility index (Phi) is 8.48. The van der Waals surface area contributed by atoms with Crippen molar-refractivity contribution in [1.29, 1.82) is 0 Å². The summed E-state index contributed by atoms with van der Waals surface area (Å²) in [6.45, 7) is 1.64. The van der Waals surface area contributed by atoms with E-state index in [0.29, 0.717) is 27.8 Å². The molecule has 4 N–H and O–H groups in total. The number of benzene rings is 3. The fourth-order valence-corrected chi connectivity index (χ4v) is 6.95. The molecule has 5 rings (SSSR count). The molecule has 1 saturated heterocycles. The topological polar surface area (TPSA) is 152 Å². The van der Waals surface area contributed by atoms with Gasteiger partial charge in [0, 0.05) is 23.8 Å². The van der Waals surface area contributed by atoms with Gasteiger partial charge in [-0.15, -0.1) is 0 Å². The molecular formula is C31H31ClN4O6S. The minimum absolute atomic E-state index is 0.0202. The zero-order valence-electron chi connectivity index (χ0n) is 23.5. The Bertz CT molecular complexity index is 1820. The van der Waals surface area contributed by atoms with Gasteiger partial charge < -0.3 is 25.8 Å². The predicted octanol–water partition coefficient (Wildman–Crippen LogP) is 5.10. The molecule has 0 unspecified atom stereocenters. The molecule has 0 spiro atoms. The molecule has 0 radical (unpaired) electrons. The Hall–Kier alpha value is -4.35. The second-order valence-electron chi connectivity index (χ2n) is 10.3. The molecule has 3 aromatic carbocycles. The highest BCUT2D eigenvalue weighted by Gasteiger charge is 2.45. The van der Waals surface area contributed by atoms with Gasteiger partial charge in [-0.25, -0.2) is 13.4 Å². The Balaban J connectivity index is 1.62. The average Bonchev–Trinajstić information content (AvgIpc) is 3.46. The van der Waals surface area contributed by atoms with Crippen LogP contribution in [0.5, 0.6) is 5.75 Å². The van der Waals surface area contributed by atoms with Crippen LogP contribution in [0.2, 0.25) is 5.02 Å². The van der Waals surface area contributed by atoms with Crippen molar-refractivity contribution in [3.05, 3.63) is 89.1 Å². The van der Waals surface area contributed by atoms with Crippen LogP contribution in [0.3, 0.4) is 0 Å². The van der Waals surface area contributed by atoms with E-state index in [2.05, 4.69) is 10.3 Å². The van der Waals surface area contributed by atoms with E-state index < -0.39 is 39.7 Å². The number of nitrogen functional groups attached to an aromatic ring is 1. The number of hydrogen-bond acceptors (Lipinski definition) is 8. The van der Waals surface area contributed by atoms with E-state index in [1.165, 1.54) is 25.0 Å². The lowest BCUT2D eigenvalue weighted by Gasteiger charge is -2.32. The Morgan fingerprint density at radius 2 is 1.93 bits per heavy atom. The molecule has 224 valence electrons. The number of carbonyl (C=O) groups excluding carboxylic acids is 1. The van der Waals surface area contributed by atoms with Gasteiger partial charge >= 0.3 is 5.97 Å². The third kappa shape index (κ3) is 5.82. The third-order valence-electron chi connectivity index (χ3n) is 7.81. The SMILES string of the molecule is CCS(=O)(=O)c1ccccc1[C@H]1[C@@H](C(=O)O)CCN1C(=O)[C@H](Nc1ccc2c(N)nccc2c1)c1ccc(Cl)c(OC)c1. The van der Waals surface area contributed by atoms with Gasteiger partial charge in [0.25, 0.3) is 0 Å². The number of nitrogens with zero attached hydrogens (tertiary/aromatic N) is 2. The van der Waals surface area contributed by atoms with Gasteiger partial charge in [0.2, 0.25) is 5.91 Å². The molecule has 12 heteroatoms. The van der Waals surface area contributed by atoms with Gasteiger partial charge in [-0.1, -0.05) is 42.8 Å². The molecule has 2 heterocycles. The summed E-state index contributed by atoms with van der Waals surface area (Å²) in [5.41, 5.74) is 7.43. The summed E-state index contributed by atoms with van der Waals surface area (Å²) in [6.07, 6.45) is 1.75. The maximum atomic E-state index is 14.6. The number of ether oxygens (including phenoxy) is 1. The highest BCUT2D eigenvalue weighted by atomic mass is 35.5. The Labute approximate surface area is 254 Å². The van der Waals surface area contributed by atoms with Crippen molar-refractivity contribution < 1.29 is 27.9 Å². The summed E-state index contributed by atoms with van der Waals surface area (Å²) >= 11 is 6.30. The predicted molar refractivity (Wildman–Crippen MR) is 165 cm³/mol. The maximum Gasteiger partial charge on any atom is 0.309 e. The van der Waals surface area contributed by atoms with E-state index in [-0.39, 0.29) is 29.2 Å². The van der Waals surface area contributed by atoms with Crippen LogP contribution in [0.25, 0.3) is 10.8 Å². The third-order valence-corrected chi connectivity index (χ3v) is 9.93. The molecular weight excluding hydrogens is 592 g/mol. The second-order valence-corrected chi connectivity index (χ2v) is 12.9. The number of nitrogens with one attached hydrogen (secondary N) is 1. The summed E-state index contributed by atoms with van der Waals surface area (Å²) in [6, 6.07) is 16.5. The lowest BCUT2D eigenvalue weighted by Crippen LogP contribution is -2.39. The van der Waals surface area contributed by atoms with Crippen LogP contribution in [-0.2, 0) is 19.4 Å². The maximum absolute atomic E-state index is 14.6. The number of amides is 1. The molecule has 10 nitrogen and oxygen atoms in total. The number of pyridine rings is 1. The first-order valence-corrected chi connectivity index (χ1v) is 15.7. The van der Waals surface area contributed by atoms with Gasteiger partial charge in [-0.3, -0.25) is 9.59 Å². The number of methoxy groups -OCH3 is 1. The fourth-order valence-electron chi connectivity index (χ4n) is 5.61. The van der Waals surface area contributed by atoms with Gasteiger partial charge in [0.05, 0.1) is 34.7 Å². The molecule has 4 aromatic rings. The second kappa shape index (κ2) is 12.1. The lowest BCUT2D eigenvalue weighted by molar-refractivity contribution is -0.143. The quantitative estimate of drug-likeness (QED) is 0.231. The number of likely N-dealkylation sites (tertiary alicyclic amines) is 1. The van der Waals surface area contributed by atoms with Crippen molar-refractivity contribution in [2.24, 2.45) is 5.92 Å². The van der Waals surface area contributed by atoms with Crippen molar-refractivity contribution in [2.75, 3.05) is 30.5 Å².